The van der Waals surface area contributed by atoms with E-state index in [1.165, 1.54) is 17.2 Å². The van der Waals surface area contributed by atoms with Crippen molar-refractivity contribution >= 4 is 11.6 Å². The van der Waals surface area contributed by atoms with Crippen LogP contribution in [0.5, 0.6) is 0 Å². The highest BCUT2D eigenvalue weighted by Crippen LogP contribution is 2.25. The zero-order valence-corrected chi connectivity index (χ0v) is 12.0. The summed E-state index contributed by atoms with van der Waals surface area (Å²) in [6.45, 7) is 0.799. The van der Waals surface area contributed by atoms with Crippen LogP contribution >= 0.6 is 11.6 Å². The first kappa shape index (κ1) is 13.6. The number of rotatable bonds is 4. The maximum absolute atomic E-state index is 13.5. The van der Waals surface area contributed by atoms with Gasteiger partial charge in [-0.15, -0.1) is 0 Å². The molecule has 0 bridgehead atoms. The molecular formula is C17H17ClFN. The molecule has 0 spiro atoms. The maximum Gasteiger partial charge on any atom is 0.126 e. The van der Waals surface area contributed by atoms with Crippen LogP contribution in [0.25, 0.3) is 0 Å². The Kier molecular flexibility index (Phi) is 4.04. The number of fused-ring (bicyclic) bond motifs is 1. The van der Waals surface area contributed by atoms with E-state index >= 15 is 0 Å². The normalized spacial score (nSPS) is 17.2. The van der Waals surface area contributed by atoms with Gasteiger partial charge in [0.05, 0.1) is 0 Å². The number of halogens is 2. The van der Waals surface area contributed by atoms with Gasteiger partial charge in [0.2, 0.25) is 0 Å². The molecule has 2 aromatic rings. The van der Waals surface area contributed by atoms with Gasteiger partial charge in [0.1, 0.15) is 5.82 Å². The molecule has 104 valence electrons. The Hall–Kier alpha value is -1.38. The van der Waals surface area contributed by atoms with Crippen LogP contribution in [-0.4, -0.2) is 12.6 Å². The predicted octanol–water partition coefficient (Wildman–Crippen LogP) is 3.78. The molecule has 0 aliphatic heterocycles. The van der Waals surface area contributed by atoms with E-state index in [1.807, 2.05) is 18.2 Å². The second kappa shape index (κ2) is 5.94. The van der Waals surface area contributed by atoms with Crippen molar-refractivity contribution in [3.05, 3.63) is 70.0 Å². The van der Waals surface area contributed by atoms with Gasteiger partial charge in [-0.05, 0) is 60.7 Å². The van der Waals surface area contributed by atoms with Crippen molar-refractivity contribution in [2.45, 2.75) is 25.3 Å². The van der Waals surface area contributed by atoms with Crippen molar-refractivity contribution in [3.63, 3.8) is 0 Å². The van der Waals surface area contributed by atoms with Gasteiger partial charge in [-0.25, -0.2) is 4.39 Å². The fraction of sp³-hybridized carbons (Fsp3) is 0.294. The van der Waals surface area contributed by atoms with Crippen LogP contribution < -0.4 is 5.32 Å². The lowest BCUT2D eigenvalue weighted by molar-refractivity contribution is 0.528. The zero-order chi connectivity index (χ0) is 13.9. The average Bonchev–Trinajstić information content (AvgIpc) is 2.83. The topological polar surface area (TPSA) is 12.0 Å². The smallest absolute Gasteiger partial charge is 0.126 e. The first-order valence-corrected chi connectivity index (χ1v) is 7.34. The fourth-order valence-corrected chi connectivity index (χ4v) is 3.04. The summed E-state index contributed by atoms with van der Waals surface area (Å²) in [6.07, 6.45) is 2.76. The van der Waals surface area contributed by atoms with E-state index in [-0.39, 0.29) is 5.82 Å². The Balaban J connectivity index is 1.53. The highest BCUT2D eigenvalue weighted by atomic mass is 35.5. The van der Waals surface area contributed by atoms with Gasteiger partial charge >= 0.3 is 0 Å². The van der Waals surface area contributed by atoms with Gasteiger partial charge in [0, 0.05) is 11.1 Å². The molecular weight excluding hydrogens is 273 g/mol. The molecule has 20 heavy (non-hydrogen) atoms. The molecule has 1 aliphatic rings. The summed E-state index contributed by atoms with van der Waals surface area (Å²) in [7, 11) is 0. The Morgan fingerprint density at radius 2 is 1.90 bits per heavy atom. The zero-order valence-electron chi connectivity index (χ0n) is 11.2. The van der Waals surface area contributed by atoms with Crippen LogP contribution in [0.4, 0.5) is 4.39 Å². The Labute approximate surface area is 123 Å². The largest absolute Gasteiger partial charge is 0.313 e. The lowest BCUT2D eigenvalue weighted by atomic mass is 10.1. The van der Waals surface area contributed by atoms with Crippen molar-refractivity contribution in [3.8, 4) is 0 Å². The van der Waals surface area contributed by atoms with E-state index in [9.17, 15) is 4.39 Å². The summed E-state index contributed by atoms with van der Waals surface area (Å²) in [5.74, 6) is -0.115. The molecule has 0 aromatic heterocycles. The van der Waals surface area contributed by atoms with Crippen LogP contribution in [0, 0.1) is 5.82 Å². The van der Waals surface area contributed by atoms with Crippen molar-refractivity contribution in [2.75, 3.05) is 6.54 Å². The van der Waals surface area contributed by atoms with E-state index in [0.29, 0.717) is 6.04 Å². The predicted molar refractivity (Wildman–Crippen MR) is 80.8 cm³/mol. The monoisotopic (exact) mass is 289 g/mol. The highest BCUT2D eigenvalue weighted by Gasteiger charge is 2.20. The molecule has 0 saturated carbocycles. The lowest BCUT2D eigenvalue weighted by Crippen LogP contribution is -2.31. The van der Waals surface area contributed by atoms with E-state index in [4.69, 9.17) is 11.6 Å². The summed E-state index contributed by atoms with van der Waals surface area (Å²) in [6, 6.07) is 13.5. The van der Waals surface area contributed by atoms with Crippen LogP contribution in [0.2, 0.25) is 5.02 Å². The molecule has 0 amide bonds. The average molecular weight is 290 g/mol. The molecule has 1 nitrogen and oxygen atoms in total. The molecule has 0 fully saturated rings. The Morgan fingerprint density at radius 1 is 1.10 bits per heavy atom. The third kappa shape index (κ3) is 3.02. The minimum Gasteiger partial charge on any atom is -0.313 e. The molecule has 1 atom stereocenters. The minimum absolute atomic E-state index is 0.115. The van der Waals surface area contributed by atoms with Crippen molar-refractivity contribution in [1.82, 2.24) is 5.32 Å². The molecule has 1 aliphatic carbocycles. The molecule has 3 rings (SSSR count). The second-order valence-electron chi connectivity index (χ2n) is 5.31. The summed E-state index contributed by atoms with van der Waals surface area (Å²) in [4.78, 5) is 0. The standard InChI is InChI=1S/C17H17ClFN/c18-15-6-5-13-10-16(11-14(13)9-15)20-8-7-12-3-1-2-4-17(12)19/h1-6,9,16,20H,7-8,10-11H2. The second-order valence-corrected chi connectivity index (χ2v) is 5.75. The van der Waals surface area contributed by atoms with Crippen LogP contribution in [-0.2, 0) is 19.3 Å². The summed E-state index contributed by atoms with van der Waals surface area (Å²) in [5.41, 5.74) is 3.48. The fourth-order valence-electron chi connectivity index (χ4n) is 2.84. The molecule has 1 unspecified atom stereocenters. The molecule has 0 saturated heterocycles. The van der Waals surface area contributed by atoms with E-state index in [0.717, 1.165) is 36.4 Å². The summed E-state index contributed by atoms with van der Waals surface area (Å²) < 4.78 is 13.5. The molecule has 3 heteroatoms. The van der Waals surface area contributed by atoms with Crippen molar-refractivity contribution in [1.29, 1.82) is 0 Å². The third-order valence-electron chi connectivity index (χ3n) is 3.89. The van der Waals surface area contributed by atoms with Gasteiger partial charge in [0.25, 0.3) is 0 Å². The van der Waals surface area contributed by atoms with Crippen LogP contribution in [0.1, 0.15) is 16.7 Å². The van der Waals surface area contributed by atoms with Crippen LogP contribution in [0.15, 0.2) is 42.5 Å². The van der Waals surface area contributed by atoms with Crippen LogP contribution in [0.3, 0.4) is 0 Å². The Morgan fingerprint density at radius 3 is 2.75 bits per heavy atom. The highest BCUT2D eigenvalue weighted by molar-refractivity contribution is 6.30. The summed E-state index contributed by atoms with van der Waals surface area (Å²) in [5, 5.41) is 4.32. The van der Waals surface area contributed by atoms with Gasteiger partial charge in [-0.2, -0.15) is 0 Å². The molecule has 2 aromatic carbocycles. The van der Waals surface area contributed by atoms with Gasteiger partial charge < -0.3 is 5.32 Å². The summed E-state index contributed by atoms with van der Waals surface area (Å²) >= 11 is 6.01. The first-order valence-electron chi connectivity index (χ1n) is 6.96. The first-order chi connectivity index (χ1) is 9.72. The van der Waals surface area contributed by atoms with Crippen molar-refractivity contribution < 1.29 is 4.39 Å². The van der Waals surface area contributed by atoms with Crippen molar-refractivity contribution in [2.24, 2.45) is 0 Å². The number of hydrogen-bond donors (Lipinski definition) is 1. The van der Waals surface area contributed by atoms with E-state index in [1.54, 1.807) is 6.07 Å². The SMILES string of the molecule is Fc1ccccc1CCNC1Cc2ccc(Cl)cc2C1. The van der Waals surface area contributed by atoms with Gasteiger partial charge in [0.15, 0.2) is 0 Å². The third-order valence-corrected chi connectivity index (χ3v) is 4.12. The lowest BCUT2D eigenvalue weighted by Gasteiger charge is -2.12. The number of hydrogen-bond acceptors (Lipinski definition) is 1. The van der Waals surface area contributed by atoms with Gasteiger partial charge in [-0.3, -0.25) is 0 Å². The minimum atomic E-state index is -0.115. The maximum atomic E-state index is 13.5. The molecule has 0 radical (unpaired) electrons. The quantitative estimate of drug-likeness (QED) is 0.903. The number of benzene rings is 2. The van der Waals surface area contributed by atoms with Gasteiger partial charge in [-0.1, -0.05) is 35.9 Å². The molecule has 0 heterocycles. The molecule has 1 N–H and O–H groups in total. The Bertz CT molecular complexity index is 612. The number of nitrogens with one attached hydrogen (secondary N) is 1. The van der Waals surface area contributed by atoms with E-state index in [2.05, 4.69) is 17.4 Å². The van der Waals surface area contributed by atoms with E-state index < -0.39 is 0 Å².